The smallest absolute Gasteiger partial charge is 0.270 e. The minimum absolute atomic E-state index is 0.00831. The van der Waals surface area contributed by atoms with Gasteiger partial charge < -0.3 is 14.8 Å². The van der Waals surface area contributed by atoms with Crippen molar-refractivity contribution in [1.29, 1.82) is 0 Å². The van der Waals surface area contributed by atoms with E-state index in [1.807, 2.05) is 6.07 Å². The van der Waals surface area contributed by atoms with Crippen LogP contribution in [-0.2, 0) is 14.4 Å². The molecule has 2 N–H and O–H groups in total. The monoisotopic (exact) mass is 535 g/mol. The number of para-hydroxylation sites is 1. The van der Waals surface area contributed by atoms with Crippen LogP contribution >= 0.6 is 23.8 Å². The molecule has 0 atom stereocenters. The van der Waals surface area contributed by atoms with E-state index in [0.717, 1.165) is 0 Å². The Kier molecular flexibility index (Phi) is 8.17. The number of halogens is 1. The summed E-state index contributed by atoms with van der Waals surface area (Å²) < 4.78 is 11.3. The number of amides is 3. The highest BCUT2D eigenvalue weighted by Gasteiger charge is 2.34. The van der Waals surface area contributed by atoms with Crippen LogP contribution in [0.3, 0.4) is 0 Å². The number of benzene rings is 3. The fraction of sp³-hybridized carbons (Fsp3) is 0.111. The second-order valence-corrected chi connectivity index (χ2v) is 8.60. The van der Waals surface area contributed by atoms with E-state index in [-0.39, 0.29) is 23.2 Å². The molecule has 0 saturated carbocycles. The summed E-state index contributed by atoms with van der Waals surface area (Å²) in [5.41, 5.74) is 1.57. The molecule has 3 aromatic rings. The van der Waals surface area contributed by atoms with Gasteiger partial charge in [0.05, 0.1) is 12.3 Å². The predicted molar refractivity (Wildman–Crippen MR) is 146 cm³/mol. The number of nitrogens with zero attached hydrogens (tertiary/aromatic N) is 1. The van der Waals surface area contributed by atoms with Crippen molar-refractivity contribution in [1.82, 2.24) is 5.32 Å². The van der Waals surface area contributed by atoms with Crippen LogP contribution in [0.25, 0.3) is 6.08 Å². The van der Waals surface area contributed by atoms with Gasteiger partial charge in [-0.05, 0) is 79.3 Å². The van der Waals surface area contributed by atoms with Gasteiger partial charge in [-0.2, -0.15) is 0 Å². The van der Waals surface area contributed by atoms with Crippen LogP contribution in [0, 0.1) is 0 Å². The lowest BCUT2D eigenvalue weighted by Gasteiger charge is -2.28. The van der Waals surface area contributed by atoms with Crippen LogP contribution < -0.4 is 25.0 Å². The van der Waals surface area contributed by atoms with Crippen LogP contribution in [0.4, 0.5) is 11.4 Å². The Labute approximate surface area is 223 Å². The summed E-state index contributed by atoms with van der Waals surface area (Å²) in [6, 6.07) is 20.4. The highest BCUT2D eigenvalue weighted by Crippen LogP contribution is 2.30. The number of thiocarbonyl (C=S) groups is 1. The second kappa shape index (κ2) is 11.7. The van der Waals surface area contributed by atoms with Gasteiger partial charge in [0.2, 0.25) is 0 Å². The predicted octanol–water partition coefficient (Wildman–Crippen LogP) is 4.59. The van der Waals surface area contributed by atoms with E-state index in [4.69, 9.17) is 33.3 Å². The molecule has 1 fully saturated rings. The van der Waals surface area contributed by atoms with Crippen LogP contribution in [0.15, 0.2) is 78.4 Å². The fourth-order valence-corrected chi connectivity index (χ4v) is 3.92. The van der Waals surface area contributed by atoms with Gasteiger partial charge in [-0.25, -0.2) is 0 Å². The molecule has 1 aliphatic heterocycles. The molecule has 1 heterocycles. The molecule has 0 aliphatic carbocycles. The topological polar surface area (TPSA) is 97.0 Å². The van der Waals surface area contributed by atoms with Gasteiger partial charge in [0.15, 0.2) is 23.2 Å². The first-order valence-corrected chi connectivity index (χ1v) is 12.1. The zero-order valence-electron chi connectivity index (χ0n) is 19.7. The zero-order valence-corrected chi connectivity index (χ0v) is 21.3. The molecule has 8 nitrogen and oxygen atoms in total. The van der Waals surface area contributed by atoms with Gasteiger partial charge >= 0.3 is 0 Å². The minimum Gasteiger partial charge on any atom is -0.490 e. The summed E-state index contributed by atoms with van der Waals surface area (Å²) >= 11 is 11.1. The maximum atomic E-state index is 13.2. The lowest BCUT2D eigenvalue weighted by atomic mass is 10.1. The van der Waals surface area contributed by atoms with Crippen molar-refractivity contribution in [2.24, 2.45) is 0 Å². The molecular weight excluding hydrogens is 514 g/mol. The normalized spacial score (nSPS) is 14.4. The quantitative estimate of drug-likeness (QED) is 0.249. The van der Waals surface area contributed by atoms with E-state index in [0.29, 0.717) is 40.1 Å². The van der Waals surface area contributed by atoms with E-state index in [1.165, 1.54) is 11.0 Å². The maximum absolute atomic E-state index is 13.2. The molecule has 0 radical (unpaired) electrons. The van der Waals surface area contributed by atoms with E-state index < -0.39 is 11.8 Å². The van der Waals surface area contributed by atoms with Gasteiger partial charge in [0, 0.05) is 10.7 Å². The molecule has 0 unspecified atom stereocenters. The highest BCUT2D eigenvalue weighted by atomic mass is 35.5. The van der Waals surface area contributed by atoms with Gasteiger partial charge in [0.1, 0.15) is 5.57 Å². The van der Waals surface area contributed by atoms with Crippen molar-refractivity contribution in [2.75, 3.05) is 23.4 Å². The van der Waals surface area contributed by atoms with E-state index in [1.54, 1.807) is 73.7 Å². The van der Waals surface area contributed by atoms with Crippen molar-refractivity contribution in [2.45, 2.75) is 6.92 Å². The molecule has 4 rings (SSSR count). The zero-order chi connectivity index (χ0) is 26.4. The van der Waals surface area contributed by atoms with Crippen LogP contribution in [0.2, 0.25) is 5.02 Å². The first-order chi connectivity index (χ1) is 17.9. The van der Waals surface area contributed by atoms with Gasteiger partial charge in [-0.1, -0.05) is 35.9 Å². The van der Waals surface area contributed by atoms with Gasteiger partial charge in [0.25, 0.3) is 17.7 Å². The van der Waals surface area contributed by atoms with Gasteiger partial charge in [-0.15, -0.1) is 0 Å². The van der Waals surface area contributed by atoms with E-state index in [2.05, 4.69) is 10.6 Å². The van der Waals surface area contributed by atoms with Crippen molar-refractivity contribution in [3.05, 3.63) is 89.0 Å². The Balaban J connectivity index is 1.52. The van der Waals surface area contributed by atoms with Gasteiger partial charge in [-0.3, -0.25) is 24.6 Å². The molecule has 10 heteroatoms. The number of carbonyl (C=O) groups excluding carboxylic acids is 3. The average Bonchev–Trinajstić information content (AvgIpc) is 2.88. The maximum Gasteiger partial charge on any atom is 0.270 e. The Bertz CT molecular complexity index is 1380. The van der Waals surface area contributed by atoms with Crippen molar-refractivity contribution < 1.29 is 23.9 Å². The van der Waals surface area contributed by atoms with Crippen LogP contribution in [0.5, 0.6) is 11.5 Å². The van der Waals surface area contributed by atoms with Crippen LogP contribution in [0.1, 0.15) is 12.5 Å². The summed E-state index contributed by atoms with van der Waals surface area (Å²) in [5.74, 6) is -0.814. The number of hydrogen-bond acceptors (Lipinski definition) is 6. The fourth-order valence-electron chi connectivity index (χ4n) is 3.51. The first-order valence-electron chi connectivity index (χ1n) is 11.3. The Morgan fingerprint density at radius 1 is 1.03 bits per heavy atom. The van der Waals surface area contributed by atoms with Crippen molar-refractivity contribution in [3.8, 4) is 11.5 Å². The Hall–Kier alpha value is -4.21. The summed E-state index contributed by atoms with van der Waals surface area (Å²) in [5, 5.41) is 5.85. The molecule has 3 amide bonds. The lowest BCUT2D eigenvalue weighted by molar-refractivity contribution is -0.122. The van der Waals surface area contributed by atoms with Crippen molar-refractivity contribution in [3.63, 3.8) is 0 Å². The average molecular weight is 536 g/mol. The molecule has 1 saturated heterocycles. The number of ether oxygens (including phenoxy) is 2. The Morgan fingerprint density at radius 3 is 2.46 bits per heavy atom. The molecule has 37 heavy (non-hydrogen) atoms. The largest absolute Gasteiger partial charge is 0.490 e. The molecule has 0 aromatic heterocycles. The molecule has 1 aliphatic rings. The standard InChI is InChI=1S/C27H22ClN3O5S/c1-2-35-23-15-17(8-13-22(23)36-16-24(32)29-19-11-9-18(28)10-12-19)14-21-25(33)30-27(37)31(26(21)34)20-6-4-3-5-7-20/h3-15H,2,16H2,1H3,(H,29,32)(H,30,33,37)/b21-14-. The summed E-state index contributed by atoms with van der Waals surface area (Å²) in [6.45, 7) is 1.88. The van der Waals surface area contributed by atoms with Crippen LogP contribution in [-0.4, -0.2) is 36.0 Å². The lowest BCUT2D eigenvalue weighted by Crippen LogP contribution is -2.54. The molecule has 0 bridgehead atoms. The van der Waals surface area contributed by atoms with E-state index >= 15 is 0 Å². The summed E-state index contributed by atoms with van der Waals surface area (Å²) in [6.07, 6.45) is 1.45. The SMILES string of the molecule is CCOc1cc(/C=C2/C(=O)NC(=S)N(c3ccccc3)C2=O)ccc1OCC(=O)Nc1ccc(Cl)cc1. The Morgan fingerprint density at radius 2 is 1.76 bits per heavy atom. The second-order valence-electron chi connectivity index (χ2n) is 7.78. The number of anilines is 2. The number of carbonyl (C=O) groups is 3. The minimum atomic E-state index is -0.598. The number of hydrogen-bond donors (Lipinski definition) is 2. The molecule has 188 valence electrons. The summed E-state index contributed by atoms with van der Waals surface area (Å²) in [7, 11) is 0. The number of nitrogens with one attached hydrogen (secondary N) is 2. The molecular formula is C27H22ClN3O5S. The number of rotatable bonds is 8. The summed E-state index contributed by atoms with van der Waals surface area (Å²) in [4.78, 5) is 39.3. The first kappa shape index (κ1) is 25.9. The van der Waals surface area contributed by atoms with E-state index in [9.17, 15) is 14.4 Å². The third kappa shape index (κ3) is 6.32. The highest BCUT2D eigenvalue weighted by molar-refractivity contribution is 7.80. The van der Waals surface area contributed by atoms with Crippen molar-refractivity contribution >= 4 is 64.1 Å². The molecule has 3 aromatic carbocycles. The third-order valence-corrected chi connectivity index (χ3v) is 5.72. The molecule has 0 spiro atoms. The third-order valence-electron chi connectivity index (χ3n) is 5.18.